The number of nitrogens with zero attached hydrogens (tertiary/aromatic N) is 2. The molecule has 2 rings (SSSR count). The van der Waals surface area contributed by atoms with Crippen LogP contribution in [0.5, 0.6) is 0 Å². The number of aromatic nitrogens is 2. The Morgan fingerprint density at radius 3 is 2.92 bits per heavy atom. The highest BCUT2D eigenvalue weighted by atomic mass is 79.9. The summed E-state index contributed by atoms with van der Waals surface area (Å²) in [4.78, 5) is 9.27. The fraction of sp³-hybridized carbons (Fsp3) is 0. The van der Waals surface area contributed by atoms with E-state index in [9.17, 15) is 0 Å². The average Bonchev–Trinajstić information content (AvgIpc) is 2.53. The summed E-state index contributed by atoms with van der Waals surface area (Å²) in [5.41, 5.74) is 2.92. The molecule has 0 fully saturated rings. The van der Waals surface area contributed by atoms with Gasteiger partial charge in [-0.25, -0.2) is 4.98 Å². The lowest BCUT2D eigenvalue weighted by atomic mass is 10.3. The summed E-state index contributed by atoms with van der Waals surface area (Å²) in [7, 11) is 0. The van der Waals surface area contributed by atoms with Gasteiger partial charge >= 0.3 is 0 Å². The highest BCUT2D eigenvalue weighted by Gasteiger charge is 2.04. The summed E-state index contributed by atoms with van der Waals surface area (Å²) < 4.78 is 0.889. The molecule has 2 aromatic heterocycles. The van der Waals surface area contributed by atoms with Gasteiger partial charge in [-0.3, -0.25) is 4.98 Å². The summed E-state index contributed by atoms with van der Waals surface area (Å²) in [5.74, 6) is 0. The minimum atomic E-state index is 0.889. The number of hydrogen-bond acceptors (Lipinski definition) is 3. The zero-order valence-electron chi connectivity index (χ0n) is 6.07. The van der Waals surface area contributed by atoms with E-state index in [1.54, 1.807) is 17.5 Å². The van der Waals surface area contributed by atoms with Gasteiger partial charge in [-0.2, -0.15) is 0 Å². The number of pyridine rings is 1. The minimum absolute atomic E-state index is 0.889. The number of thiazole rings is 1. The first-order chi connectivity index (χ1) is 5.88. The minimum Gasteiger partial charge on any atom is -0.264 e. The van der Waals surface area contributed by atoms with Crippen molar-refractivity contribution in [3.63, 3.8) is 0 Å². The Hall–Kier alpha value is -0.740. The molecular formula is C8H5BrN2S. The fourth-order valence-corrected chi connectivity index (χ4v) is 2.33. The van der Waals surface area contributed by atoms with Crippen LogP contribution in [0.25, 0.3) is 10.4 Å². The monoisotopic (exact) mass is 240 g/mol. The van der Waals surface area contributed by atoms with Gasteiger partial charge in [0.25, 0.3) is 0 Å². The molecule has 0 spiro atoms. The predicted molar refractivity (Wildman–Crippen MR) is 53.0 cm³/mol. The van der Waals surface area contributed by atoms with Crippen molar-refractivity contribution in [2.75, 3.05) is 0 Å². The predicted octanol–water partition coefficient (Wildman–Crippen LogP) is 2.97. The molecule has 2 heterocycles. The van der Waals surface area contributed by atoms with Crippen LogP contribution in [0.3, 0.4) is 0 Å². The maximum Gasteiger partial charge on any atom is 0.124 e. The lowest BCUT2D eigenvalue weighted by Gasteiger charge is -1.94. The second-order valence-corrected chi connectivity index (χ2v) is 3.82. The third-order valence-electron chi connectivity index (χ3n) is 1.45. The molecule has 0 saturated heterocycles. The SMILES string of the molecule is Brc1ncsc1-c1cccnc1. The first kappa shape index (κ1) is 7.89. The van der Waals surface area contributed by atoms with Gasteiger partial charge in [-0.15, -0.1) is 11.3 Å². The van der Waals surface area contributed by atoms with Crippen LogP contribution in [-0.4, -0.2) is 9.97 Å². The third kappa shape index (κ3) is 1.40. The summed E-state index contributed by atoms with van der Waals surface area (Å²) in [5, 5.41) is 0. The van der Waals surface area contributed by atoms with Crippen molar-refractivity contribution >= 4 is 27.3 Å². The Kier molecular flexibility index (Phi) is 2.19. The standard InChI is InChI=1S/C8H5BrN2S/c9-8-7(12-5-11-8)6-2-1-3-10-4-6/h1-5H. The van der Waals surface area contributed by atoms with E-state index in [1.807, 2.05) is 23.8 Å². The van der Waals surface area contributed by atoms with E-state index in [-0.39, 0.29) is 0 Å². The van der Waals surface area contributed by atoms with Crippen molar-refractivity contribution in [1.82, 2.24) is 9.97 Å². The summed E-state index contributed by atoms with van der Waals surface area (Å²) in [6, 6.07) is 3.94. The van der Waals surface area contributed by atoms with Gasteiger partial charge in [0.1, 0.15) is 4.60 Å². The maximum absolute atomic E-state index is 4.10. The normalized spacial score (nSPS) is 10.1. The van der Waals surface area contributed by atoms with E-state index < -0.39 is 0 Å². The van der Waals surface area contributed by atoms with E-state index in [4.69, 9.17) is 0 Å². The van der Waals surface area contributed by atoms with Crippen molar-refractivity contribution in [3.05, 3.63) is 34.6 Å². The second-order valence-electron chi connectivity index (χ2n) is 2.21. The lowest BCUT2D eigenvalue weighted by molar-refractivity contribution is 1.32. The van der Waals surface area contributed by atoms with Crippen LogP contribution in [-0.2, 0) is 0 Å². The lowest BCUT2D eigenvalue weighted by Crippen LogP contribution is -1.75. The van der Waals surface area contributed by atoms with Gasteiger partial charge in [-0.1, -0.05) is 6.07 Å². The topological polar surface area (TPSA) is 25.8 Å². The first-order valence-electron chi connectivity index (χ1n) is 3.37. The van der Waals surface area contributed by atoms with Crippen molar-refractivity contribution in [2.24, 2.45) is 0 Å². The number of hydrogen-bond donors (Lipinski definition) is 0. The van der Waals surface area contributed by atoms with Crippen molar-refractivity contribution in [1.29, 1.82) is 0 Å². The van der Waals surface area contributed by atoms with Gasteiger partial charge in [0.05, 0.1) is 10.4 Å². The van der Waals surface area contributed by atoms with Crippen molar-refractivity contribution < 1.29 is 0 Å². The van der Waals surface area contributed by atoms with Crippen LogP contribution < -0.4 is 0 Å². The Balaban J connectivity index is 2.51. The van der Waals surface area contributed by atoms with E-state index in [0.29, 0.717) is 0 Å². The molecule has 0 aliphatic carbocycles. The van der Waals surface area contributed by atoms with Gasteiger partial charge in [-0.05, 0) is 22.0 Å². The quantitative estimate of drug-likeness (QED) is 0.767. The number of halogens is 1. The summed E-state index contributed by atoms with van der Waals surface area (Å²) in [6.07, 6.45) is 3.59. The molecule has 0 aliphatic heterocycles. The van der Waals surface area contributed by atoms with Crippen molar-refractivity contribution in [2.45, 2.75) is 0 Å². The van der Waals surface area contributed by atoms with Crippen LogP contribution >= 0.6 is 27.3 Å². The smallest absolute Gasteiger partial charge is 0.124 e. The van der Waals surface area contributed by atoms with Crippen LogP contribution in [0.2, 0.25) is 0 Å². The molecule has 0 atom stereocenters. The summed E-state index contributed by atoms with van der Waals surface area (Å²) in [6.45, 7) is 0. The molecule has 0 N–H and O–H groups in total. The molecular weight excluding hydrogens is 236 g/mol. The third-order valence-corrected chi connectivity index (χ3v) is 3.19. The molecule has 0 bridgehead atoms. The van der Waals surface area contributed by atoms with Crippen LogP contribution in [0, 0.1) is 0 Å². The van der Waals surface area contributed by atoms with Gasteiger partial charge in [0.15, 0.2) is 0 Å². The molecule has 2 aromatic rings. The Labute approximate surface area is 82.4 Å². The van der Waals surface area contributed by atoms with E-state index >= 15 is 0 Å². The highest BCUT2D eigenvalue weighted by Crippen LogP contribution is 2.30. The second kappa shape index (κ2) is 3.33. The zero-order valence-corrected chi connectivity index (χ0v) is 8.47. The van der Waals surface area contributed by atoms with Crippen LogP contribution in [0.4, 0.5) is 0 Å². The summed E-state index contributed by atoms with van der Waals surface area (Å²) >= 11 is 4.98. The molecule has 0 saturated carbocycles. The van der Waals surface area contributed by atoms with Crippen molar-refractivity contribution in [3.8, 4) is 10.4 Å². The molecule has 0 amide bonds. The van der Waals surface area contributed by atoms with Crippen LogP contribution in [0.1, 0.15) is 0 Å². The largest absolute Gasteiger partial charge is 0.264 e. The van der Waals surface area contributed by atoms with E-state index in [0.717, 1.165) is 15.0 Å². The van der Waals surface area contributed by atoms with Gasteiger partial charge in [0.2, 0.25) is 0 Å². The molecule has 0 unspecified atom stereocenters. The Morgan fingerprint density at radius 2 is 2.33 bits per heavy atom. The molecule has 0 radical (unpaired) electrons. The molecule has 4 heteroatoms. The molecule has 0 aromatic carbocycles. The van der Waals surface area contributed by atoms with E-state index in [1.165, 1.54) is 0 Å². The number of rotatable bonds is 1. The molecule has 60 valence electrons. The Morgan fingerprint density at radius 1 is 1.42 bits per heavy atom. The van der Waals surface area contributed by atoms with Crippen LogP contribution in [0.15, 0.2) is 34.6 Å². The average molecular weight is 241 g/mol. The Bertz CT molecular complexity index is 372. The highest BCUT2D eigenvalue weighted by molar-refractivity contribution is 9.10. The van der Waals surface area contributed by atoms with E-state index in [2.05, 4.69) is 25.9 Å². The molecule has 12 heavy (non-hydrogen) atoms. The zero-order chi connectivity index (χ0) is 8.39. The molecule has 0 aliphatic rings. The van der Waals surface area contributed by atoms with Gasteiger partial charge < -0.3 is 0 Å². The fourth-order valence-electron chi connectivity index (χ4n) is 0.917. The maximum atomic E-state index is 4.10. The first-order valence-corrected chi connectivity index (χ1v) is 5.04. The van der Waals surface area contributed by atoms with Gasteiger partial charge in [0, 0.05) is 18.0 Å². The molecule has 2 nitrogen and oxygen atoms in total.